The second-order valence-electron chi connectivity index (χ2n) is 5.53. The quantitative estimate of drug-likeness (QED) is 0.659. The molecule has 0 bridgehead atoms. The highest BCUT2D eigenvalue weighted by Crippen LogP contribution is 2.24. The molecule has 134 valence electrons. The van der Waals surface area contributed by atoms with Crippen molar-refractivity contribution in [2.75, 3.05) is 19.0 Å². The normalized spacial score (nSPS) is 10.4. The largest absolute Gasteiger partial charge is 0.497 e. The first-order valence-electron chi connectivity index (χ1n) is 8.03. The van der Waals surface area contributed by atoms with Crippen molar-refractivity contribution in [1.82, 2.24) is 10.2 Å². The van der Waals surface area contributed by atoms with Crippen molar-refractivity contribution in [2.24, 2.45) is 0 Å². The fraction of sp³-hybridized carbons (Fsp3) is 0.158. The van der Waals surface area contributed by atoms with E-state index in [0.29, 0.717) is 12.2 Å². The van der Waals surface area contributed by atoms with E-state index >= 15 is 0 Å². The molecule has 0 aliphatic carbocycles. The zero-order chi connectivity index (χ0) is 18.4. The fourth-order valence-electron chi connectivity index (χ4n) is 2.35. The smallest absolute Gasteiger partial charge is 0.285 e. The molecule has 0 aliphatic rings. The van der Waals surface area contributed by atoms with Crippen LogP contribution in [0.4, 0.5) is 5.69 Å². The Morgan fingerprint density at radius 3 is 2.31 bits per heavy atom. The van der Waals surface area contributed by atoms with Crippen LogP contribution < -0.4 is 20.3 Å². The average Bonchev–Trinajstić information content (AvgIpc) is 2.67. The standard InChI is InChI=1S/C19H18ClN3O3/c1-25-14-6-8-16(9-7-14)26-15-4-2-13(3-5-15)10-11-21-17-12-22-23-19(24)18(17)20/h2-9,12H,10-11H2,1H3,(H2,21,23,24). The van der Waals surface area contributed by atoms with Crippen molar-refractivity contribution in [3.8, 4) is 17.2 Å². The molecule has 3 aromatic rings. The molecule has 0 radical (unpaired) electrons. The first-order chi connectivity index (χ1) is 12.7. The van der Waals surface area contributed by atoms with Crippen LogP contribution in [-0.2, 0) is 6.42 Å². The number of aromatic amines is 1. The topological polar surface area (TPSA) is 76.2 Å². The van der Waals surface area contributed by atoms with E-state index in [9.17, 15) is 4.79 Å². The molecule has 0 saturated carbocycles. The maximum absolute atomic E-state index is 11.4. The molecule has 0 amide bonds. The summed E-state index contributed by atoms with van der Waals surface area (Å²) in [5.74, 6) is 2.29. The first kappa shape index (κ1) is 17.8. The third-order valence-electron chi connectivity index (χ3n) is 3.74. The molecular formula is C19H18ClN3O3. The molecule has 1 heterocycles. The molecule has 0 spiro atoms. The van der Waals surface area contributed by atoms with Crippen LogP contribution in [0.1, 0.15) is 5.56 Å². The number of rotatable bonds is 7. The number of nitrogens with one attached hydrogen (secondary N) is 2. The summed E-state index contributed by atoms with van der Waals surface area (Å²) in [6, 6.07) is 15.2. The van der Waals surface area contributed by atoms with E-state index in [4.69, 9.17) is 21.1 Å². The molecule has 0 saturated heterocycles. The number of benzene rings is 2. The number of anilines is 1. The van der Waals surface area contributed by atoms with E-state index in [0.717, 1.165) is 29.2 Å². The molecule has 3 rings (SSSR count). The van der Waals surface area contributed by atoms with Crippen molar-refractivity contribution in [2.45, 2.75) is 6.42 Å². The molecule has 6 nitrogen and oxygen atoms in total. The third-order valence-corrected chi connectivity index (χ3v) is 4.12. The van der Waals surface area contributed by atoms with E-state index in [1.54, 1.807) is 7.11 Å². The number of halogens is 1. The summed E-state index contributed by atoms with van der Waals surface area (Å²) in [6.45, 7) is 0.629. The van der Waals surface area contributed by atoms with Gasteiger partial charge in [-0.25, -0.2) is 5.10 Å². The average molecular weight is 372 g/mol. The van der Waals surface area contributed by atoms with Crippen molar-refractivity contribution >= 4 is 17.3 Å². The Balaban J connectivity index is 1.54. The lowest BCUT2D eigenvalue weighted by molar-refractivity contribution is 0.413. The Morgan fingerprint density at radius 1 is 1.04 bits per heavy atom. The second-order valence-corrected chi connectivity index (χ2v) is 5.90. The van der Waals surface area contributed by atoms with E-state index in [1.807, 2.05) is 48.5 Å². The number of aromatic nitrogens is 2. The van der Waals surface area contributed by atoms with E-state index in [2.05, 4.69) is 15.5 Å². The first-order valence-corrected chi connectivity index (χ1v) is 8.41. The molecule has 7 heteroatoms. The number of hydrogen-bond acceptors (Lipinski definition) is 5. The van der Waals surface area contributed by atoms with Gasteiger partial charge in [-0.05, 0) is 48.4 Å². The lowest BCUT2D eigenvalue weighted by atomic mass is 10.1. The Kier molecular flexibility index (Phi) is 5.76. The zero-order valence-electron chi connectivity index (χ0n) is 14.2. The minimum absolute atomic E-state index is 0.114. The minimum atomic E-state index is -0.406. The summed E-state index contributed by atoms with van der Waals surface area (Å²) in [5.41, 5.74) is 1.25. The molecule has 2 N–H and O–H groups in total. The number of hydrogen-bond donors (Lipinski definition) is 2. The lowest BCUT2D eigenvalue weighted by Crippen LogP contribution is -2.13. The molecule has 0 unspecified atom stereocenters. The van der Waals surface area contributed by atoms with E-state index in [-0.39, 0.29) is 5.02 Å². The Morgan fingerprint density at radius 2 is 1.65 bits per heavy atom. The lowest BCUT2D eigenvalue weighted by Gasteiger charge is -2.09. The molecule has 0 aliphatic heterocycles. The van der Waals surface area contributed by atoms with Crippen LogP contribution in [0.5, 0.6) is 17.2 Å². The van der Waals surface area contributed by atoms with Gasteiger partial charge in [0.05, 0.1) is 19.0 Å². The zero-order valence-corrected chi connectivity index (χ0v) is 14.9. The predicted octanol–water partition coefficient (Wildman–Crippen LogP) is 3.88. The second kappa shape index (κ2) is 8.40. The Labute approximate surface area is 155 Å². The van der Waals surface area contributed by atoms with Crippen molar-refractivity contribution < 1.29 is 9.47 Å². The van der Waals surface area contributed by atoms with Gasteiger partial charge >= 0.3 is 0 Å². The predicted molar refractivity (Wildman–Crippen MR) is 102 cm³/mol. The van der Waals surface area contributed by atoms with Gasteiger partial charge in [-0.15, -0.1) is 0 Å². The van der Waals surface area contributed by atoms with Gasteiger partial charge in [0.25, 0.3) is 5.56 Å². The molecule has 0 atom stereocenters. The molecule has 0 fully saturated rings. The number of nitrogens with zero attached hydrogens (tertiary/aromatic N) is 1. The van der Waals surface area contributed by atoms with Gasteiger partial charge in [-0.3, -0.25) is 4.79 Å². The highest BCUT2D eigenvalue weighted by atomic mass is 35.5. The summed E-state index contributed by atoms with van der Waals surface area (Å²) in [4.78, 5) is 11.4. The van der Waals surface area contributed by atoms with Crippen molar-refractivity contribution in [3.05, 3.63) is 75.7 Å². The van der Waals surface area contributed by atoms with Crippen LogP contribution in [0.25, 0.3) is 0 Å². The summed E-state index contributed by atoms with van der Waals surface area (Å²) < 4.78 is 10.9. The minimum Gasteiger partial charge on any atom is -0.497 e. The monoisotopic (exact) mass is 371 g/mol. The summed E-state index contributed by atoms with van der Waals surface area (Å²) in [7, 11) is 1.63. The van der Waals surface area contributed by atoms with Crippen LogP contribution >= 0.6 is 11.6 Å². The van der Waals surface area contributed by atoms with Crippen LogP contribution in [0.2, 0.25) is 5.02 Å². The fourth-order valence-corrected chi connectivity index (χ4v) is 2.51. The van der Waals surface area contributed by atoms with Crippen molar-refractivity contribution in [1.29, 1.82) is 0 Å². The molecule has 1 aromatic heterocycles. The molecule has 26 heavy (non-hydrogen) atoms. The summed E-state index contributed by atoms with van der Waals surface area (Å²) >= 11 is 5.92. The van der Waals surface area contributed by atoms with E-state index in [1.165, 1.54) is 6.20 Å². The van der Waals surface area contributed by atoms with Crippen LogP contribution in [0.15, 0.2) is 59.5 Å². The highest BCUT2D eigenvalue weighted by molar-refractivity contribution is 6.32. The molecule has 2 aromatic carbocycles. The van der Waals surface area contributed by atoms with Crippen molar-refractivity contribution in [3.63, 3.8) is 0 Å². The number of methoxy groups -OCH3 is 1. The summed E-state index contributed by atoms with van der Waals surface area (Å²) in [6.07, 6.45) is 2.27. The van der Waals surface area contributed by atoms with Crippen LogP contribution in [-0.4, -0.2) is 23.9 Å². The van der Waals surface area contributed by atoms with E-state index < -0.39 is 5.56 Å². The van der Waals surface area contributed by atoms with Gasteiger partial charge < -0.3 is 14.8 Å². The SMILES string of the molecule is COc1ccc(Oc2ccc(CCNc3cn[nH]c(=O)c3Cl)cc2)cc1. The maximum atomic E-state index is 11.4. The Bertz CT molecular complexity index is 909. The number of ether oxygens (including phenoxy) is 2. The number of H-pyrrole nitrogens is 1. The third kappa shape index (κ3) is 4.55. The Hall–Kier alpha value is -2.99. The van der Waals surface area contributed by atoms with Gasteiger partial charge in [0.15, 0.2) is 0 Å². The highest BCUT2D eigenvalue weighted by Gasteiger charge is 2.04. The van der Waals surface area contributed by atoms with Crippen LogP contribution in [0, 0.1) is 0 Å². The van der Waals surface area contributed by atoms with Crippen LogP contribution in [0.3, 0.4) is 0 Å². The van der Waals surface area contributed by atoms with Gasteiger partial charge in [0, 0.05) is 6.54 Å². The summed E-state index contributed by atoms with van der Waals surface area (Å²) in [5, 5.41) is 9.23. The van der Waals surface area contributed by atoms with Gasteiger partial charge in [0.1, 0.15) is 22.3 Å². The molecular weight excluding hydrogens is 354 g/mol. The van der Waals surface area contributed by atoms with Gasteiger partial charge in [-0.2, -0.15) is 5.10 Å². The van der Waals surface area contributed by atoms with Gasteiger partial charge in [-0.1, -0.05) is 23.7 Å². The maximum Gasteiger partial charge on any atom is 0.285 e. The van der Waals surface area contributed by atoms with Gasteiger partial charge in [0.2, 0.25) is 0 Å².